The summed E-state index contributed by atoms with van der Waals surface area (Å²) in [4.78, 5) is 44.5. The molecule has 0 N–H and O–H groups in total. The number of nitrogens with zero attached hydrogens (tertiary/aromatic N) is 7. The van der Waals surface area contributed by atoms with E-state index in [9.17, 15) is 9.59 Å². The van der Waals surface area contributed by atoms with Gasteiger partial charge in [-0.25, -0.2) is 19.5 Å². The van der Waals surface area contributed by atoms with Crippen LogP contribution in [0.5, 0.6) is 5.75 Å². The Morgan fingerprint density at radius 3 is 2.67 bits per heavy atom. The number of imidazole rings is 1. The van der Waals surface area contributed by atoms with Crippen molar-refractivity contribution in [1.82, 2.24) is 34.4 Å². The molecule has 0 saturated carbocycles. The second kappa shape index (κ2) is 10.6. The number of carbonyl (C=O) groups is 2. The number of hydrogen-bond donors (Lipinski definition) is 0. The predicted octanol–water partition coefficient (Wildman–Crippen LogP) is 4.53. The molecule has 0 aliphatic carbocycles. The topological polar surface area (TPSA) is 106 Å². The maximum Gasteiger partial charge on any atom is 0.271 e. The summed E-state index contributed by atoms with van der Waals surface area (Å²) in [6, 6.07) is 12.6. The standard InChI is InChI=1S/C27H24ClN7O3S2/c1-15-32-35-22-17(31-27(35)39-15)11-12-34(23(22)20-13-29-25(40-20)16-7-5-4-6-8-16)21(36)14-38-19-10-9-18(30-24(19)28)26(37)33(2)3/h4-10,13,23H,11-12,14H2,1-3H3. The first kappa shape index (κ1) is 26.4. The van der Waals surface area contributed by atoms with Crippen molar-refractivity contribution in [2.45, 2.75) is 19.4 Å². The molecule has 2 amide bonds. The molecule has 1 atom stereocenters. The molecule has 204 valence electrons. The van der Waals surface area contributed by atoms with E-state index in [4.69, 9.17) is 26.4 Å². The highest BCUT2D eigenvalue weighted by Gasteiger charge is 2.38. The van der Waals surface area contributed by atoms with Crippen LogP contribution in [0, 0.1) is 6.92 Å². The number of hydrogen-bond acceptors (Lipinski definition) is 9. The Morgan fingerprint density at radius 1 is 1.12 bits per heavy atom. The summed E-state index contributed by atoms with van der Waals surface area (Å²) in [5.74, 6) is -0.275. The van der Waals surface area contributed by atoms with Gasteiger partial charge in [0.25, 0.3) is 11.8 Å². The number of halogens is 1. The zero-order valence-corrected chi connectivity index (χ0v) is 24.3. The number of rotatable bonds is 6. The lowest BCUT2D eigenvalue weighted by molar-refractivity contribution is -0.135. The zero-order valence-electron chi connectivity index (χ0n) is 21.9. The Bertz CT molecular complexity index is 1730. The van der Waals surface area contributed by atoms with Gasteiger partial charge in [-0.2, -0.15) is 5.10 Å². The predicted molar refractivity (Wildman–Crippen MR) is 153 cm³/mol. The number of aryl methyl sites for hydroxylation is 1. The monoisotopic (exact) mass is 593 g/mol. The number of fused-ring (bicyclic) bond motifs is 3. The quantitative estimate of drug-likeness (QED) is 0.266. The molecular formula is C27H24ClN7O3S2. The summed E-state index contributed by atoms with van der Waals surface area (Å²) in [6.07, 6.45) is 2.43. The number of carbonyl (C=O) groups excluding carboxylic acids is 2. The van der Waals surface area contributed by atoms with Crippen LogP contribution in [0.4, 0.5) is 0 Å². The first-order valence-corrected chi connectivity index (χ1v) is 14.5. The van der Waals surface area contributed by atoms with Gasteiger partial charge >= 0.3 is 0 Å². The fraction of sp³-hybridized carbons (Fsp3) is 0.259. The van der Waals surface area contributed by atoms with E-state index in [1.807, 2.05) is 48.0 Å². The van der Waals surface area contributed by atoms with E-state index in [-0.39, 0.29) is 35.0 Å². The molecule has 10 nitrogen and oxygen atoms in total. The van der Waals surface area contributed by atoms with E-state index < -0.39 is 6.04 Å². The second-order valence-corrected chi connectivity index (χ2v) is 12.0. The van der Waals surface area contributed by atoms with Crippen LogP contribution < -0.4 is 4.74 Å². The Labute approximate surface area is 242 Å². The molecule has 4 aromatic heterocycles. The summed E-state index contributed by atoms with van der Waals surface area (Å²) < 4.78 is 7.66. The molecule has 1 aliphatic rings. The fourth-order valence-corrected chi connectivity index (χ4v) is 6.66. The molecule has 1 aliphatic heterocycles. The number of benzene rings is 1. The van der Waals surface area contributed by atoms with Gasteiger partial charge in [-0.1, -0.05) is 53.3 Å². The van der Waals surface area contributed by atoms with Crippen LogP contribution in [0.1, 0.15) is 37.8 Å². The highest BCUT2D eigenvalue weighted by Crippen LogP contribution is 2.40. The van der Waals surface area contributed by atoms with Crippen molar-refractivity contribution in [2.75, 3.05) is 27.2 Å². The van der Waals surface area contributed by atoms with E-state index in [1.165, 1.54) is 22.3 Å². The maximum atomic E-state index is 13.7. The normalized spacial score (nSPS) is 14.8. The fourth-order valence-electron chi connectivity index (χ4n) is 4.65. The molecular weight excluding hydrogens is 570 g/mol. The minimum atomic E-state index is -0.431. The summed E-state index contributed by atoms with van der Waals surface area (Å²) >= 11 is 9.36. The second-order valence-electron chi connectivity index (χ2n) is 9.41. The maximum absolute atomic E-state index is 13.7. The van der Waals surface area contributed by atoms with E-state index in [0.29, 0.717) is 13.0 Å². The van der Waals surface area contributed by atoms with Crippen LogP contribution in [0.2, 0.25) is 5.15 Å². The minimum absolute atomic E-state index is 0.0170. The third kappa shape index (κ3) is 4.82. The van der Waals surface area contributed by atoms with E-state index in [2.05, 4.69) is 9.97 Å². The highest BCUT2D eigenvalue weighted by molar-refractivity contribution is 7.16. The molecule has 1 unspecified atom stereocenters. The summed E-state index contributed by atoms with van der Waals surface area (Å²) in [7, 11) is 3.27. The van der Waals surface area contributed by atoms with Gasteiger partial charge in [0.05, 0.1) is 16.3 Å². The number of aromatic nitrogens is 5. The molecule has 6 rings (SSSR count). The molecule has 0 spiro atoms. The Morgan fingerprint density at radius 2 is 1.93 bits per heavy atom. The number of ether oxygens (including phenoxy) is 1. The highest BCUT2D eigenvalue weighted by atomic mass is 35.5. The molecule has 5 aromatic rings. The van der Waals surface area contributed by atoms with Crippen LogP contribution >= 0.6 is 34.3 Å². The van der Waals surface area contributed by atoms with Crippen molar-refractivity contribution in [1.29, 1.82) is 0 Å². The van der Waals surface area contributed by atoms with Gasteiger partial charge in [0.15, 0.2) is 17.5 Å². The van der Waals surface area contributed by atoms with Gasteiger partial charge in [-0.3, -0.25) is 9.59 Å². The van der Waals surface area contributed by atoms with Crippen molar-refractivity contribution in [2.24, 2.45) is 0 Å². The molecule has 0 bridgehead atoms. The first-order chi connectivity index (χ1) is 19.3. The van der Waals surface area contributed by atoms with Gasteiger partial charge in [-0.05, 0) is 19.1 Å². The molecule has 0 fully saturated rings. The number of pyridine rings is 1. The third-order valence-corrected chi connectivity index (χ3v) is 8.69. The van der Waals surface area contributed by atoms with E-state index >= 15 is 0 Å². The number of amides is 2. The van der Waals surface area contributed by atoms with Crippen LogP contribution in [-0.4, -0.2) is 73.4 Å². The van der Waals surface area contributed by atoms with Gasteiger partial charge in [0, 0.05) is 38.8 Å². The summed E-state index contributed by atoms with van der Waals surface area (Å²) in [5, 5.41) is 6.47. The average Bonchev–Trinajstić information content (AvgIpc) is 3.66. The lowest BCUT2D eigenvalue weighted by atomic mass is 10.0. The molecule has 5 heterocycles. The van der Waals surface area contributed by atoms with Crippen LogP contribution in [0.25, 0.3) is 15.5 Å². The molecule has 40 heavy (non-hydrogen) atoms. The van der Waals surface area contributed by atoms with Crippen molar-refractivity contribution in [3.63, 3.8) is 0 Å². The molecule has 13 heteroatoms. The van der Waals surface area contributed by atoms with Gasteiger partial charge < -0.3 is 14.5 Å². The summed E-state index contributed by atoms with van der Waals surface area (Å²) in [5.41, 5.74) is 3.00. The third-order valence-electron chi connectivity index (χ3n) is 6.50. The van der Waals surface area contributed by atoms with Gasteiger partial charge in [0.2, 0.25) is 4.96 Å². The van der Waals surface area contributed by atoms with Crippen molar-refractivity contribution < 1.29 is 14.3 Å². The Kier molecular flexibility index (Phi) is 6.99. The number of thiazole rings is 1. The van der Waals surface area contributed by atoms with Gasteiger partial charge in [-0.15, -0.1) is 11.3 Å². The van der Waals surface area contributed by atoms with Crippen LogP contribution in [-0.2, 0) is 11.2 Å². The SMILES string of the molecule is Cc1nn2c3c(nc2s1)CCN(C(=O)COc1ccc(C(=O)N(C)C)nc1Cl)C3c1cnc(-c2ccccc2)s1. The van der Waals surface area contributed by atoms with Gasteiger partial charge in [0.1, 0.15) is 21.8 Å². The lowest BCUT2D eigenvalue weighted by Gasteiger charge is -2.34. The zero-order chi connectivity index (χ0) is 28.0. The molecule has 0 saturated heterocycles. The Balaban J connectivity index is 1.31. The van der Waals surface area contributed by atoms with Crippen molar-refractivity contribution in [3.8, 4) is 16.3 Å². The van der Waals surface area contributed by atoms with E-state index in [0.717, 1.165) is 36.8 Å². The largest absolute Gasteiger partial charge is 0.481 e. The van der Waals surface area contributed by atoms with Crippen LogP contribution in [0.15, 0.2) is 48.7 Å². The van der Waals surface area contributed by atoms with E-state index in [1.54, 1.807) is 36.4 Å². The van der Waals surface area contributed by atoms with Crippen molar-refractivity contribution >= 4 is 51.0 Å². The minimum Gasteiger partial charge on any atom is -0.481 e. The molecule has 1 aromatic carbocycles. The average molecular weight is 594 g/mol. The van der Waals surface area contributed by atoms with Crippen LogP contribution in [0.3, 0.4) is 0 Å². The molecule has 0 radical (unpaired) electrons. The Hall–Kier alpha value is -3.87. The lowest BCUT2D eigenvalue weighted by Crippen LogP contribution is -2.43. The summed E-state index contributed by atoms with van der Waals surface area (Å²) in [6.45, 7) is 2.15. The smallest absolute Gasteiger partial charge is 0.271 e. The van der Waals surface area contributed by atoms with Crippen molar-refractivity contribution in [3.05, 3.63) is 80.8 Å². The first-order valence-electron chi connectivity index (χ1n) is 12.5.